The van der Waals surface area contributed by atoms with Crippen LogP contribution >= 0.6 is 0 Å². The number of aromatic nitrogens is 2. The van der Waals surface area contributed by atoms with Crippen LogP contribution in [-0.4, -0.2) is 16.5 Å². The highest BCUT2D eigenvalue weighted by Crippen LogP contribution is 2.33. The van der Waals surface area contributed by atoms with Gasteiger partial charge in [-0.2, -0.15) is 0 Å². The van der Waals surface area contributed by atoms with E-state index in [9.17, 15) is 0 Å². The van der Waals surface area contributed by atoms with Crippen LogP contribution in [0.1, 0.15) is 12.5 Å². The van der Waals surface area contributed by atoms with Gasteiger partial charge >= 0.3 is 0 Å². The van der Waals surface area contributed by atoms with E-state index in [1.165, 1.54) is 5.56 Å². The van der Waals surface area contributed by atoms with Crippen molar-refractivity contribution in [2.24, 2.45) is 10.2 Å². The van der Waals surface area contributed by atoms with Gasteiger partial charge in [0, 0.05) is 11.8 Å². The summed E-state index contributed by atoms with van der Waals surface area (Å²) in [6.45, 7) is 2.13. The van der Waals surface area contributed by atoms with E-state index in [0.717, 1.165) is 34.8 Å². The lowest BCUT2D eigenvalue weighted by atomic mass is 10.1. The highest BCUT2D eigenvalue weighted by atomic mass is 16.5. The van der Waals surface area contributed by atoms with Crippen LogP contribution in [0.5, 0.6) is 5.75 Å². The van der Waals surface area contributed by atoms with Gasteiger partial charge in [0.2, 0.25) is 0 Å². The Hall–Kier alpha value is -3.47. The summed E-state index contributed by atoms with van der Waals surface area (Å²) in [5, 5.41) is 8.97. The maximum atomic E-state index is 5.35. The van der Waals surface area contributed by atoms with Gasteiger partial charge in [-0.1, -0.05) is 37.3 Å². The smallest absolute Gasteiger partial charge is 0.187 e. The summed E-state index contributed by atoms with van der Waals surface area (Å²) in [7, 11) is 1.66. The molecule has 0 atom stereocenters. The molecule has 0 unspecified atom stereocenters. The summed E-state index contributed by atoms with van der Waals surface area (Å²) in [5.74, 6) is 1.47. The Morgan fingerprint density at radius 2 is 1.81 bits per heavy atom. The number of hydrogen-bond acceptors (Lipinski definition) is 4. The number of fused-ring (bicyclic) bond motifs is 1. The van der Waals surface area contributed by atoms with Crippen LogP contribution < -0.4 is 4.74 Å². The Balaban J connectivity index is 1.81. The Labute approximate surface area is 158 Å². The van der Waals surface area contributed by atoms with E-state index in [1.54, 1.807) is 7.11 Å². The summed E-state index contributed by atoms with van der Waals surface area (Å²) in [5.41, 5.74) is 4.63. The largest absolute Gasteiger partial charge is 0.497 e. The summed E-state index contributed by atoms with van der Waals surface area (Å²) >= 11 is 0. The van der Waals surface area contributed by atoms with Gasteiger partial charge in [0.25, 0.3) is 0 Å². The normalized spacial score (nSPS) is 11.3. The minimum Gasteiger partial charge on any atom is -0.497 e. The second-order valence-electron chi connectivity index (χ2n) is 6.16. The Bertz CT molecular complexity index is 1100. The zero-order valence-corrected chi connectivity index (χ0v) is 15.3. The number of hydrogen-bond donors (Lipinski definition) is 0. The molecule has 27 heavy (non-hydrogen) atoms. The Kier molecular flexibility index (Phi) is 4.66. The lowest BCUT2D eigenvalue weighted by Gasteiger charge is -2.03. The second kappa shape index (κ2) is 7.41. The fourth-order valence-corrected chi connectivity index (χ4v) is 2.95. The van der Waals surface area contributed by atoms with Crippen LogP contribution in [0.25, 0.3) is 16.9 Å². The number of nitrogens with zero attached hydrogens (tertiary/aromatic N) is 4. The molecule has 0 N–H and O–H groups in total. The second-order valence-corrected chi connectivity index (χ2v) is 6.16. The zero-order chi connectivity index (χ0) is 18.6. The molecule has 4 aromatic rings. The van der Waals surface area contributed by atoms with Crippen molar-refractivity contribution in [3.8, 4) is 17.0 Å². The summed E-state index contributed by atoms with van der Waals surface area (Å²) in [6.07, 6.45) is 2.95. The third kappa shape index (κ3) is 3.44. The fraction of sp³-hybridized carbons (Fsp3) is 0.136. The minimum atomic E-state index is 0.693. The molecule has 2 aromatic heterocycles. The van der Waals surface area contributed by atoms with Crippen molar-refractivity contribution in [3.05, 3.63) is 78.5 Å². The van der Waals surface area contributed by atoms with Gasteiger partial charge in [-0.15, -0.1) is 10.2 Å². The molecule has 0 bridgehead atoms. The monoisotopic (exact) mass is 356 g/mol. The summed E-state index contributed by atoms with van der Waals surface area (Å²) in [6, 6.07) is 21.8. The zero-order valence-electron chi connectivity index (χ0n) is 15.3. The van der Waals surface area contributed by atoms with Gasteiger partial charge in [0.15, 0.2) is 5.82 Å². The van der Waals surface area contributed by atoms with E-state index < -0.39 is 0 Å². The van der Waals surface area contributed by atoms with E-state index in [0.29, 0.717) is 5.82 Å². The number of aryl methyl sites for hydroxylation is 1. The SMILES string of the molecule is CCc1ccc(N=Nc2c(-c3cccc(OC)c3)nc3ccccn23)cc1. The molecular formula is C22H20N4O. The Morgan fingerprint density at radius 1 is 0.963 bits per heavy atom. The van der Waals surface area contributed by atoms with Crippen LogP contribution in [-0.2, 0) is 6.42 Å². The standard InChI is InChI=1S/C22H20N4O/c1-3-16-10-12-18(13-11-16)24-25-22-21(17-7-6-8-19(15-17)27-2)23-20-9-4-5-14-26(20)22/h4-15H,3H2,1-2H3. The van der Waals surface area contributed by atoms with Crippen LogP contribution in [0.15, 0.2) is 83.2 Å². The molecule has 4 rings (SSSR count). The highest BCUT2D eigenvalue weighted by Gasteiger charge is 2.14. The van der Waals surface area contributed by atoms with Gasteiger partial charge < -0.3 is 4.74 Å². The molecule has 134 valence electrons. The average molecular weight is 356 g/mol. The number of azo groups is 1. The molecule has 0 aliphatic rings. The molecular weight excluding hydrogens is 336 g/mol. The molecule has 0 fully saturated rings. The van der Waals surface area contributed by atoms with Gasteiger partial charge in [-0.3, -0.25) is 4.40 Å². The van der Waals surface area contributed by atoms with Crippen LogP contribution in [0.2, 0.25) is 0 Å². The number of methoxy groups -OCH3 is 1. The van der Waals surface area contributed by atoms with Crippen molar-refractivity contribution in [3.63, 3.8) is 0 Å². The van der Waals surface area contributed by atoms with E-state index in [1.807, 2.05) is 65.2 Å². The van der Waals surface area contributed by atoms with E-state index >= 15 is 0 Å². The highest BCUT2D eigenvalue weighted by molar-refractivity contribution is 5.75. The number of imidazole rings is 1. The van der Waals surface area contributed by atoms with Crippen LogP contribution in [0.4, 0.5) is 11.5 Å². The van der Waals surface area contributed by atoms with E-state index in [2.05, 4.69) is 29.3 Å². The van der Waals surface area contributed by atoms with Gasteiger partial charge in [0.05, 0.1) is 12.8 Å². The molecule has 0 saturated carbocycles. The van der Waals surface area contributed by atoms with Crippen molar-refractivity contribution in [1.29, 1.82) is 0 Å². The lowest BCUT2D eigenvalue weighted by molar-refractivity contribution is 0.415. The van der Waals surface area contributed by atoms with Gasteiger partial charge in [0.1, 0.15) is 17.1 Å². The molecule has 0 spiro atoms. The first-order valence-electron chi connectivity index (χ1n) is 8.90. The molecule has 0 radical (unpaired) electrons. The topological polar surface area (TPSA) is 51.2 Å². The van der Waals surface area contributed by atoms with Crippen molar-refractivity contribution < 1.29 is 4.74 Å². The van der Waals surface area contributed by atoms with Crippen molar-refractivity contribution >= 4 is 17.2 Å². The van der Waals surface area contributed by atoms with E-state index in [4.69, 9.17) is 9.72 Å². The molecule has 2 heterocycles. The van der Waals surface area contributed by atoms with E-state index in [-0.39, 0.29) is 0 Å². The first-order chi connectivity index (χ1) is 13.3. The van der Waals surface area contributed by atoms with Gasteiger partial charge in [-0.25, -0.2) is 4.98 Å². The molecule has 2 aromatic carbocycles. The fourth-order valence-electron chi connectivity index (χ4n) is 2.95. The average Bonchev–Trinajstić information content (AvgIpc) is 3.11. The predicted octanol–water partition coefficient (Wildman–Crippen LogP) is 5.99. The minimum absolute atomic E-state index is 0.693. The van der Waals surface area contributed by atoms with Crippen molar-refractivity contribution in [1.82, 2.24) is 9.38 Å². The molecule has 5 heteroatoms. The molecule has 5 nitrogen and oxygen atoms in total. The Morgan fingerprint density at radius 3 is 2.59 bits per heavy atom. The van der Waals surface area contributed by atoms with Crippen LogP contribution in [0.3, 0.4) is 0 Å². The number of ether oxygens (including phenoxy) is 1. The third-order valence-electron chi connectivity index (χ3n) is 4.45. The van der Waals surface area contributed by atoms with Crippen molar-refractivity contribution in [2.45, 2.75) is 13.3 Å². The number of pyridine rings is 1. The molecule has 0 aliphatic carbocycles. The first-order valence-corrected chi connectivity index (χ1v) is 8.90. The quantitative estimate of drug-likeness (QED) is 0.413. The van der Waals surface area contributed by atoms with Gasteiger partial charge in [-0.05, 0) is 48.4 Å². The molecule has 0 amide bonds. The number of rotatable bonds is 5. The lowest BCUT2D eigenvalue weighted by Crippen LogP contribution is -1.84. The third-order valence-corrected chi connectivity index (χ3v) is 4.45. The predicted molar refractivity (Wildman–Crippen MR) is 107 cm³/mol. The first kappa shape index (κ1) is 17.0. The molecule has 0 saturated heterocycles. The molecule has 0 aliphatic heterocycles. The van der Waals surface area contributed by atoms with Crippen LogP contribution in [0, 0.1) is 0 Å². The number of benzene rings is 2. The summed E-state index contributed by atoms with van der Waals surface area (Å²) in [4.78, 5) is 4.75. The van der Waals surface area contributed by atoms with Crippen molar-refractivity contribution in [2.75, 3.05) is 7.11 Å². The maximum absolute atomic E-state index is 5.35. The maximum Gasteiger partial charge on any atom is 0.187 e. The summed E-state index contributed by atoms with van der Waals surface area (Å²) < 4.78 is 7.30.